The Labute approximate surface area is 120 Å². The van der Waals surface area contributed by atoms with Gasteiger partial charge in [-0.05, 0) is 31.0 Å². The molecule has 1 rings (SSSR count). The number of aryl methyl sites for hydroxylation is 1. The van der Waals surface area contributed by atoms with Gasteiger partial charge in [0.05, 0.1) is 5.69 Å². The van der Waals surface area contributed by atoms with Gasteiger partial charge in [0.1, 0.15) is 11.9 Å². The van der Waals surface area contributed by atoms with Crippen LogP contribution in [0.25, 0.3) is 0 Å². The normalized spacial score (nSPS) is 11.5. The summed E-state index contributed by atoms with van der Waals surface area (Å²) in [6, 6.07) is 2.03. The predicted molar refractivity (Wildman–Crippen MR) is 73.1 cm³/mol. The smallest absolute Gasteiger partial charge is 0.326 e. The topological polar surface area (TPSA) is 122 Å². The standard InChI is InChI=1S/C13H16FN3O4/c1-7-2-3-9(8(14)6-7)16-13(21)17-10(12(19)20)4-5-11(15)18/h2-3,6,10H,4-5H2,1H3,(H2,15,18)(H,19,20)(H2,16,17,21)/t10-/m0/s1. The van der Waals surface area contributed by atoms with E-state index in [9.17, 15) is 18.8 Å². The SMILES string of the molecule is Cc1ccc(NC(=O)N[C@@H](CCC(N)=O)C(=O)O)c(F)c1. The molecule has 0 radical (unpaired) electrons. The van der Waals surface area contributed by atoms with Crippen molar-refractivity contribution in [1.82, 2.24) is 5.32 Å². The zero-order valence-electron chi connectivity index (χ0n) is 11.4. The van der Waals surface area contributed by atoms with Crippen molar-refractivity contribution in [2.24, 2.45) is 5.73 Å². The fourth-order valence-corrected chi connectivity index (χ4v) is 1.58. The minimum Gasteiger partial charge on any atom is -0.480 e. The van der Waals surface area contributed by atoms with E-state index in [-0.39, 0.29) is 18.5 Å². The Morgan fingerprint density at radius 3 is 2.57 bits per heavy atom. The molecular formula is C13H16FN3O4. The van der Waals surface area contributed by atoms with E-state index in [1.54, 1.807) is 13.0 Å². The molecule has 0 aliphatic carbocycles. The highest BCUT2D eigenvalue weighted by molar-refractivity contribution is 5.92. The van der Waals surface area contributed by atoms with Crippen molar-refractivity contribution < 1.29 is 23.9 Å². The maximum atomic E-state index is 13.5. The molecule has 0 bridgehead atoms. The Hall–Kier alpha value is -2.64. The number of amides is 3. The molecule has 3 amide bonds. The molecule has 7 nitrogen and oxygen atoms in total. The number of nitrogens with one attached hydrogen (secondary N) is 2. The van der Waals surface area contributed by atoms with E-state index in [1.165, 1.54) is 12.1 Å². The number of urea groups is 1. The number of carboxylic acid groups (broad SMARTS) is 1. The van der Waals surface area contributed by atoms with E-state index in [0.717, 1.165) is 0 Å². The van der Waals surface area contributed by atoms with E-state index in [2.05, 4.69) is 10.6 Å². The molecule has 0 fully saturated rings. The molecule has 114 valence electrons. The molecular weight excluding hydrogens is 281 g/mol. The monoisotopic (exact) mass is 297 g/mol. The first-order chi connectivity index (χ1) is 9.79. The molecule has 5 N–H and O–H groups in total. The van der Waals surface area contributed by atoms with E-state index in [4.69, 9.17) is 10.8 Å². The lowest BCUT2D eigenvalue weighted by Gasteiger charge is -2.14. The summed E-state index contributed by atoms with van der Waals surface area (Å²) < 4.78 is 13.5. The average molecular weight is 297 g/mol. The number of rotatable bonds is 6. The van der Waals surface area contributed by atoms with Crippen LogP contribution in [-0.4, -0.2) is 29.1 Å². The van der Waals surface area contributed by atoms with Gasteiger partial charge in [0.2, 0.25) is 5.91 Å². The molecule has 1 atom stereocenters. The quantitative estimate of drug-likeness (QED) is 0.625. The fourth-order valence-electron chi connectivity index (χ4n) is 1.58. The molecule has 8 heteroatoms. The fraction of sp³-hybridized carbons (Fsp3) is 0.308. The van der Waals surface area contributed by atoms with Crippen LogP contribution in [0.3, 0.4) is 0 Å². The first kappa shape index (κ1) is 16.4. The Morgan fingerprint density at radius 2 is 2.05 bits per heavy atom. The van der Waals surface area contributed by atoms with E-state index >= 15 is 0 Å². The van der Waals surface area contributed by atoms with Gasteiger partial charge in [0, 0.05) is 6.42 Å². The van der Waals surface area contributed by atoms with Gasteiger partial charge < -0.3 is 21.5 Å². The van der Waals surface area contributed by atoms with Gasteiger partial charge in [-0.3, -0.25) is 4.79 Å². The third-order valence-corrected chi connectivity index (χ3v) is 2.66. The highest BCUT2D eigenvalue weighted by Crippen LogP contribution is 2.15. The number of carboxylic acids is 1. The molecule has 0 saturated carbocycles. The number of hydrogen-bond acceptors (Lipinski definition) is 3. The second-order valence-corrected chi connectivity index (χ2v) is 4.48. The van der Waals surface area contributed by atoms with Gasteiger partial charge in [-0.2, -0.15) is 0 Å². The number of carbonyl (C=O) groups excluding carboxylic acids is 2. The molecule has 0 saturated heterocycles. The van der Waals surface area contributed by atoms with Crippen LogP contribution in [0, 0.1) is 12.7 Å². The molecule has 0 aliphatic rings. The number of halogens is 1. The third kappa shape index (κ3) is 5.47. The van der Waals surface area contributed by atoms with Crippen molar-refractivity contribution in [3.05, 3.63) is 29.6 Å². The maximum Gasteiger partial charge on any atom is 0.326 e. The molecule has 0 unspecified atom stereocenters. The largest absolute Gasteiger partial charge is 0.480 e. The van der Waals surface area contributed by atoms with Crippen molar-refractivity contribution in [3.63, 3.8) is 0 Å². The minimum absolute atomic E-state index is 0.0721. The van der Waals surface area contributed by atoms with Crippen molar-refractivity contribution in [3.8, 4) is 0 Å². The van der Waals surface area contributed by atoms with Crippen molar-refractivity contribution in [2.45, 2.75) is 25.8 Å². The van der Waals surface area contributed by atoms with Gasteiger partial charge in [-0.1, -0.05) is 6.07 Å². The number of nitrogens with two attached hydrogens (primary N) is 1. The molecule has 0 aromatic heterocycles. The predicted octanol–water partition coefficient (Wildman–Crippen LogP) is 0.974. The number of aliphatic carboxylic acids is 1. The first-order valence-electron chi connectivity index (χ1n) is 6.14. The Kier molecular flexibility index (Phi) is 5.65. The molecule has 1 aromatic carbocycles. The average Bonchev–Trinajstić information content (AvgIpc) is 2.37. The highest BCUT2D eigenvalue weighted by atomic mass is 19.1. The summed E-state index contributed by atoms with van der Waals surface area (Å²) in [6.07, 6.45) is -0.329. The van der Waals surface area contributed by atoms with Crippen molar-refractivity contribution in [1.29, 1.82) is 0 Å². The van der Waals surface area contributed by atoms with Crippen LogP contribution in [0.5, 0.6) is 0 Å². The van der Waals surface area contributed by atoms with Crippen LogP contribution in [0.15, 0.2) is 18.2 Å². The van der Waals surface area contributed by atoms with Crippen LogP contribution in [0.1, 0.15) is 18.4 Å². The van der Waals surface area contributed by atoms with E-state index < -0.39 is 29.8 Å². The van der Waals surface area contributed by atoms with Gasteiger partial charge in [0.25, 0.3) is 0 Å². The van der Waals surface area contributed by atoms with Crippen LogP contribution >= 0.6 is 0 Å². The first-order valence-corrected chi connectivity index (χ1v) is 6.14. The lowest BCUT2D eigenvalue weighted by atomic mass is 10.1. The van der Waals surface area contributed by atoms with E-state index in [1.807, 2.05) is 0 Å². The number of carbonyl (C=O) groups is 3. The van der Waals surface area contributed by atoms with E-state index in [0.29, 0.717) is 5.56 Å². The summed E-state index contributed by atoms with van der Waals surface area (Å²) >= 11 is 0. The van der Waals surface area contributed by atoms with Crippen molar-refractivity contribution >= 4 is 23.6 Å². The Balaban J connectivity index is 2.65. The lowest BCUT2D eigenvalue weighted by molar-refractivity contribution is -0.139. The third-order valence-electron chi connectivity index (χ3n) is 2.66. The van der Waals surface area contributed by atoms with Gasteiger partial charge in [-0.25, -0.2) is 14.0 Å². The second-order valence-electron chi connectivity index (χ2n) is 4.48. The molecule has 0 aliphatic heterocycles. The van der Waals surface area contributed by atoms with Crippen molar-refractivity contribution in [2.75, 3.05) is 5.32 Å². The molecule has 0 heterocycles. The minimum atomic E-state index is -1.31. The van der Waals surface area contributed by atoms with Crippen LogP contribution in [0.4, 0.5) is 14.9 Å². The maximum absolute atomic E-state index is 13.5. The Morgan fingerprint density at radius 1 is 1.38 bits per heavy atom. The summed E-state index contributed by atoms with van der Waals surface area (Å²) in [5.74, 6) is -2.61. The summed E-state index contributed by atoms with van der Waals surface area (Å²) in [5.41, 5.74) is 5.53. The Bertz CT molecular complexity index is 562. The highest BCUT2D eigenvalue weighted by Gasteiger charge is 2.20. The second kappa shape index (κ2) is 7.22. The lowest BCUT2D eigenvalue weighted by Crippen LogP contribution is -2.43. The number of hydrogen-bond donors (Lipinski definition) is 4. The van der Waals surface area contributed by atoms with Gasteiger partial charge >= 0.3 is 12.0 Å². The van der Waals surface area contributed by atoms with Crippen LogP contribution in [0.2, 0.25) is 0 Å². The number of primary amides is 1. The van der Waals surface area contributed by atoms with Crippen LogP contribution in [-0.2, 0) is 9.59 Å². The summed E-state index contributed by atoms with van der Waals surface area (Å²) in [4.78, 5) is 33.2. The zero-order valence-corrected chi connectivity index (χ0v) is 11.4. The zero-order chi connectivity index (χ0) is 16.0. The summed E-state index contributed by atoms with van der Waals surface area (Å²) in [7, 11) is 0. The number of anilines is 1. The van der Waals surface area contributed by atoms with Gasteiger partial charge in [0.15, 0.2) is 0 Å². The molecule has 0 spiro atoms. The summed E-state index contributed by atoms with van der Waals surface area (Å²) in [6.45, 7) is 1.69. The van der Waals surface area contributed by atoms with Crippen LogP contribution < -0.4 is 16.4 Å². The molecule has 21 heavy (non-hydrogen) atoms. The summed E-state index contributed by atoms with van der Waals surface area (Å²) in [5, 5.41) is 13.3. The number of benzene rings is 1. The van der Waals surface area contributed by atoms with Gasteiger partial charge in [-0.15, -0.1) is 0 Å². The molecule has 1 aromatic rings.